The lowest BCUT2D eigenvalue weighted by atomic mass is 9.71. The maximum atomic E-state index is 15.4. The largest absolute Gasteiger partial charge is 0.455 e. The van der Waals surface area contributed by atoms with Crippen molar-refractivity contribution in [2.24, 2.45) is 0 Å². The molecule has 216 valence electrons. The SMILES string of the molecule is Cc1ccc2c(c1)[C@@]1(C(=O)N(Cc3ccccc3)c3ccc(F)cc31)c1c-2oc2c1c(-c1ccc(F)cc1)cc1ccccc12. The summed E-state index contributed by atoms with van der Waals surface area (Å²) in [7, 11) is 0. The van der Waals surface area contributed by atoms with Gasteiger partial charge in [0.25, 0.3) is 0 Å². The number of aryl methyl sites for hydroxylation is 1. The average Bonchev–Trinajstić information content (AvgIpc) is 3.65. The Hall–Kier alpha value is -5.55. The van der Waals surface area contributed by atoms with Crippen molar-refractivity contribution in [3.8, 4) is 22.5 Å². The van der Waals surface area contributed by atoms with E-state index in [9.17, 15) is 4.39 Å². The molecule has 0 radical (unpaired) electrons. The number of hydrogen-bond acceptors (Lipinski definition) is 2. The first-order valence-corrected chi connectivity index (χ1v) is 15.0. The molecule has 1 aliphatic heterocycles. The summed E-state index contributed by atoms with van der Waals surface area (Å²) in [4.78, 5) is 17.1. The van der Waals surface area contributed by atoms with Gasteiger partial charge in [0.05, 0.1) is 6.54 Å². The van der Waals surface area contributed by atoms with Crippen LogP contribution < -0.4 is 4.90 Å². The van der Waals surface area contributed by atoms with E-state index in [4.69, 9.17) is 4.42 Å². The third-order valence-corrected chi connectivity index (χ3v) is 9.44. The van der Waals surface area contributed by atoms with Crippen molar-refractivity contribution in [2.75, 3.05) is 4.90 Å². The molecule has 1 aromatic heterocycles. The zero-order valence-corrected chi connectivity index (χ0v) is 24.3. The van der Waals surface area contributed by atoms with Gasteiger partial charge in [-0.05, 0) is 71.0 Å². The number of carbonyl (C=O) groups excluding carboxylic acids is 1. The van der Waals surface area contributed by atoms with Gasteiger partial charge in [-0.1, -0.05) is 90.5 Å². The van der Waals surface area contributed by atoms with E-state index in [1.807, 2.05) is 79.7 Å². The Morgan fingerprint density at radius 2 is 1.49 bits per heavy atom. The second-order valence-electron chi connectivity index (χ2n) is 12.0. The van der Waals surface area contributed by atoms with Crippen LogP contribution in [-0.4, -0.2) is 5.91 Å². The molecule has 0 saturated heterocycles. The van der Waals surface area contributed by atoms with Gasteiger partial charge in [0, 0.05) is 33.2 Å². The highest BCUT2D eigenvalue weighted by Crippen LogP contribution is 2.63. The molecule has 0 bridgehead atoms. The lowest BCUT2D eigenvalue weighted by molar-refractivity contribution is -0.120. The number of rotatable bonds is 3. The van der Waals surface area contributed by atoms with E-state index in [1.165, 1.54) is 24.3 Å². The van der Waals surface area contributed by atoms with Gasteiger partial charge >= 0.3 is 0 Å². The molecular weight excluding hydrogens is 564 g/mol. The minimum atomic E-state index is -1.36. The normalized spacial score (nSPS) is 16.5. The first-order chi connectivity index (χ1) is 21.9. The van der Waals surface area contributed by atoms with Crippen molar-refractivity contribution >= 4 is 33.3 Å². The fourth-order valence-electron chi connectivity index (χ4n) is 7.54. The number of furan rings is 1. The maximum absolute atomic E-state index is 15.4. The van der Waals surface area contributed by atoms with Crippen LogP contribution >= 0.6 is 0 Å². The highest BCUT2D eigenvalue weighted by atomic mass is 19.1. The van der Waals surface area contributed by atoms with E-state index in [-0.39, 0.29) is 11.7 Å². The van der Waals surface area contributed by atoms with E-state index < -0.39 is 11.2 Å². The Labute approximate surface area is 258 Å². The van der Waals surface area contributed by atoms with Crippen molar-refractivity contribution in [3.05, 3.63) is 161 Å². The van der Waals surface area contributed by atoms with Crippen LogP contribution in [0.4, 0.5) is 14.5 Å². The Bertz CT molecular complexity index is 2360. The molecule has 5 heteroatoms. The second-order valence-corrected chi connectivity index (χ2v) is 12.0. The van der Waals surface area contributed by atoms with Crippen molar-refractivity contribution in [1.29, 1.82) is 0 Å². The number of halogens is 2. The Balaban J connectivity index is 1.45. The molecule has 1 aliphatic carbocycles. The van der Waals surface area contributed by atoms with Crippen molar-refractivity contribution in [1.82, 2.24) is 0 Å². The maximum Gasteiger partial charge on any atom is 0.247 e. The minimum Gasteiger partial charge on any atom is -0.455 e. The van der Waals surface area contributed by atoms with E-state index in [0.29, 0.717) is 34.7 Å². The molecule has 7 aromatic rings. The fraction of sp³-hybridized carbons (Fsp3) is 0.0750. The Kier molecular flexibility index (Phi) is 5.31. The van der Waals surface area contributed by atoms with Crippen LogP contribution in [0.15, 0.2) is 126 Å². The Morgan fingerprint density at radius 3 is 2.31 bits per heavy atom. The highest BCUT2D eigenvalue weighted by molar-refractivity contribution is 6.23. The van der Waals surface area contributed by atoms with Gasteiger partial charge < -0.3 is 9.32 Å². The van der Waals surface area contributed by atoms with Crippen LogP contribution in [0.3, 0.4) is 0 Å². The molecule has 3 nitrogen and oxygen atoms in total. The predicted octanol–water partition coefficient (Wildman–Crippen LogP) is 9.70. The number of amides is 1. The van der Waals surface area contributed by atoms with Gasteiger partial charge in [-0.2, -0.15) is 0 Å². The van der Waals surface area contributed by atoms with Gasteiger partial charge in [-0.3, -0.25) is 4.79 Å². The zero-order chi connectivity index (χ0) is 30.4. The summed E-state index contributed by atoms with van der Waals surface area (Å²) in [5.74, 6) is -0.301. The number of benzene rings is 6. The Morgan fingerprint density at radius 1 is 0.733 bits per heavy atom. The average molecular weight is 590 g/mol. The standard InChI is InChI=1S/C40H25F2NO2/c1-23-11-17-30-32(19-23)40(33-21-28(42)16-18-34(33)43(39(40)44)22-24-7-3-2-4-8-24)36-35-31(25-12-14-27(41)15-13-25)20-26-9-5-6-10-29(26)37(35)45-38(30)36/h2-21H,22H2,1H3/t40-/m0/s1. The molecule has 45 heavy (non-hydrogen) atoms. The molecule has 9 rings (SSSR count). The quantitative estimate of drug-likeness (QED) is 0.206. The second kappa shape index (κ2) is 9.23. The molecular formula is C40H25F2NO2. The number of anilines is 1. The van der Waals surface area contributed by atoms with Crippen LogP contribution in [0, 0.1) is 18.6 Å². The number of hydrogen-bond donors (Lipinski definition) is 0. The molecule has 0 unspecified atom stereocenters. The first kappa shape index (κ1) is 25.9. The summed E-state index contributed by atoms with van der Waals surface area (Å²) < 4.78 is 36.4. The molecule has 2 heterocycles. The summed E-state index contributed by atoms with van der Waals surface area (Å²) in [5.41, 5.74) is 6.43. The van der Waals surface area contributed by atoms with Crippen LogP contribution in [0.2, 0.25) is 0 Å². The van der Waals surface area contributed by atoms with Gasteiger partial charge in [0.15, 0.2) is 0 Å². The van der Waals surface area contributed by atoms with Crippen LogP contribution in [0.5, 0.6) is 0 Å². The van der Waals surface area contributed by atoms with E-state index in [2.05, 4.69) is 6.07 Å². The molecule has 2 aliphatic rings. The molecule has 0 N–H and O–H groups in total. The molecule has 0 saturated carbocycles. The van der Waals surface area contributed by atoms with E-state index in [0.717, 1.165) is 49.5 Å². The zero-order valence-electron chi connectivity index (χ0n) is 24.3. The van der Waals surface area contributed by atoms with Gasteiger partial charge in [-0.15, -0.1) is 0 Å². The van der Waals surface area contributed by atoms with Crippen LogP contribution in [0.1, 0.15) is 27.8 Å². The number of nitrogens with zero attached hydrogens (tertiary/aromatic N) is 1. The van der Waals surface area contributed by atoms with Gasteiger partial charge in [0.1, 0.15) is 28.4 Å². The van der Waals surface area contributed by atoms with Gasteiger partial charge in [0.2, 0.25) is 5.91 Å². The smallest absolute Gasteiger partial charge is 0.247 e. The molecule has 6 aromatic carbocycles. The van der Waals surface area contributed by atoms with E-state index >= 15 is 9.18 Å². The summed E-state index contributed by atoms with van der Waals surface area (Å²) >= 11 is 0. The van der Waals surface area contributed by atoms with Crippen LogP contribution in [0.25, 0.3) is 44.2 Å². The topological polar surface area (TPSA) is 33.5 Å². The fourth-order valence-corrected chi connectivity index (χ4v) is 7.54. The first-order valence-electron chi connectivity index (χ1n) is 15.0. The lowest BCUT2D eigenvalue weighted by Gasteiger charge is -2.27. The van der Waals surface area contributed by atoms with Gasteiger partial charge in [-0.25, -0.2) is 8.78 Å². The summed E-state index contributed by atoms with van der Waals surface area (Å²) in [6.45, 7) is 2.33. The van der Waals surface area contributed by atoms with Crippen molar-refractivity contribution in [2.45, 2.75) is 18.9 Å². The summed E-state index contributed by atoms with van der Waals surface area (Å²) in [6, 6.07) is 37.0. The lowest BCUT2D eigenvalue weighted by Crippen LogP contribution is -2.40. The molecule has 0 fully saturated rings. The highest BCUT2D eigenvalue weighted by Gasteiger charge is 2.60. The number of carbonyl (C=O) groups is 1. The minimum absolute atomic E-state index is 0.154. The predicted molar refractivity (Wildman–Crippen MR) is 173 cm³/mol. The third-order valence-electron chi connectivity index (χ3n) is 9.44. The monoisotopic (exact) mass is 589 g/mol. The summed E-state index contributed by atoms with van der Waals surface area (Å²) in [5, 5.41) is 2.64. The molecule has 1 atom stereocenters. The van der Waals surface area contributed by atoms with Crippen LogP contribution in [-0.2, 0) is 16.8 Å². The number of fused-ring (bicyclic) bond motifs is 11. The third kappa shape index (κ3) is 3.46. The molecule has 1 spiro atoms. The van der Waals surface area contributed by atoms with Crippen molar-refractivity contribution in [3.63, 3.8) is 0 Å². The molecule has 1 amide bonds. The summed E-state index contributed by atoms with van der Waals surface area (Å²) in [6.07, 6.45) is 0. The van der Waals surface area contributed by atoms with Crippen molar-refractivity contribution < 1.29 is 18.0 Å². The van der Waals surface area contributed by atoms with E-state index in [1.54, 1.807) is 23.1 Å².